The molecule has 2 N–H and O–H groups in total. The molecule has 0 saturated carbocycles. The summed E-state index contributed by atoms with van der Waals surface area (Å²) in [5.74, 6) is 0.585. The molecule has 1 fully saturated rings. The summed E-state index contributed by atoms with van der Waals surface area (Å²) in [5.41, 5.74) is -0.892. The lowest BCUT2D eigenvalue weighted by molar-refractivity contribution is -0.769. The van der Waals surface area contributed by atoms with Crippen molar-refractivity contribution in [1.82, 2.24) is 10.2 Å². The van der Waals surface area contributed by atoms with Crippen molar-refractivity contribution < 1.29 is 24.6 Å². The van der Waals surface area contributed by atoms with Gasteiger partial charge in [-0.05, 0) is 38.1 Å². The van der Waals surface area contributed by atoms with Gasteiger partial charge in [0.2, 0.25) is 5.91 Å². The molecule has 1 aliphatic rings. The minimum Gasteiger partial charge on any atom is -0.490 e. The molecule has 3 rings (SSSR count). The second kappa shape index (κ2) is 9.93. The summed E-state index contributed by atoms with van der Waals surface area (Å²) in [6.07, 6.45) is -0.428. The summed E-state index contributed by atoms with van der Waals surface area (Å²) in [4.78, 5) is 29.6. The van der Waals surface area contributed by atoms with E-state index >= 15 is 0 Å². The van der Waals surface area contributed by atoms with Crippen LogP contribution in [0, 0.1) is 10.1 Å². The molecule has 1 atom stereocenters. The SMILES string of the molecule is CC(C)(NCC(O)COc1cccc2ccccc12)C(=O)N1CCC(O[N+](=O)[O-])CC1. The lowest BCUT2D eigenvalue weighted by Crippen LogP contribution is -2.57. The van der Waals surface area contributed by atoms with E-state index in [2.05, 4.69) is 10.2 Å². The van der Waals surface area contributed by atoms with Gasteiger partial charge in [-0.3, -0.25) is 4.79 Å². The Bertz CT molecular complexity index is 906. The fourth-order valence-corrected chi connectivity index (χ4v) is 3.70. The Morgan fingerprint density at radius 3 is 2.65 bits per heavy atom. The van der Waals surface area contributed by atoms with Gasteiger partial charge in [-0.1, -0.05) is 36.4 Å². The molecular weight excluding hydrogens is 402 g/mol. The van der Waals surface area contributed by atoms with Crippen LogP contribution < -0.4 is 10.1 Å². The van der Waals surface area contributed by atoms with Crippen molar-refractivity contribution in [1.29, 1.82) is 0 Å². The minimum absolute atomic E-state index is 0.0922. The summed E-state index contributed by atoms with van der Waals surface area (Å²) < 4.78 is 5.81. The first-order chi connectivity index (χ1) is 14.8. The van der Waals surface area contributed by atoms with Crippen molar-refractivity contribution in [3.63, 3.8) is 0 Å². The first-order valence-electron chi connectivity index (χ1n) is 10.4. The van der Waals surface area contributed by atoms with Crippen LogP contribution in [0.3, 0.4) is 0 Å². The standard InChI is InChI=1S/C22H29N3O6/c1-22(2,21(27)24-12-10-18(11-13-24)31-25(28)29)23-14-17(26)15-30-20-9-5-7-16-6-3-4-8-19(16)20/h3-9,17-18,23,26H,10-15H2,1-2H3. The molecule has 1 saturated heterocycles. The molecule has 1 heterocycles. The van der Waals surface area contributed by atoms with Gasteiger partial charge in [0.15, 0.2) is 0 Å². The number of carbonyl (C=O) groups excluding carboxylic acids is 1. The van der Waals surface area contributed by atoms with Gasteiger partial charge in [0.1, 0.15) is 24.6 Å². The lowest BCUT2D eigenvalue weighted by atomic mass is 10.00. The highest BCUT2D eigenvalue weighted by Crippen LogP contribution is 2.25. The van der Waals surface area contributed by atoms with E-state index in [4.69, 9.17) is 4.74 Å². The van der Waals surface area contributed by atoms with Crippen LogP contribution in [-0.2, 0) is 9.63 Å². The van der Waals surface area contributed by atoms with Crippen LogP contribution in [0.1, 0.15) is 26.7 Å². The number of fused-ring (bicyclic) bond motifs is 1. The van der Waals surface area contributed by atoms with E-state index in [-0.39, 0.29) is 19.1 Å². The average Bonchev–Trinajstić information content (AvgIpc) is 2.76. The Kier molecular flexibility index (Phi) is 7.29. The van der Waals surface area contributed by atoms with E-state index in [1.54, 1.807) is 18.7 Å². The predicted octanol–water partition coefficient (Wildman–Crippen LogP) is 2.15. The molecule has 31 heavy (non-hydrogen) atoms. The number of benzene rings is 2. The number of piperidine rings is 1. The average molecular weight is 431 g/mol. The number of hydrogen-bond donors (Lipinski definition) is 2. The number of aliphatic hydroxyl groups is 1. The number of nitrogens with zero attached hydrogens (tertiary/aromatic N) is 2. The van der Waals surface area contributed by atoms with Gasteiger partial charge in [0.05, 0.1) is 5.54 Å². The molecule has 168 valence electrons. The van der Waals surface area contributed by atoms with Crippen LogP contribution >= 0.6 is 0 Å². The molecule has 9 heteroatoms. The molecule has 1 amide bonds. The second-order valence-corrected chi connectivity index (χ2v) is 8.27. The smallest absolute Gasteiger partial charge is 0.294 e. The maximum atomic E-state index is 12.9. The van der Waals surface area contributed by atoms with Gasteiger partial charge < -0.3 is 24.9 Å². The van der Waals surface area contributed by atoms with Crippen LogP contribution in [0.4, 0.5) is 0 Å². The van der Waals surface area contributed by atoms with E-state index in [1.165, 1.54) is 0 Å². The number of amides is 1. The number of ether oxygens (including phenoxy) is 1. The zero-order valence-electron chi connectivity index (χ0n) is 17.8. The molecule has 1 aliphatic heterocycles. The molecule has 0 aromatic heterocycles. The first-order valence-corrected chi connectivity index (χ1v) is 10.4. The van der Waals surface area contributed by atoms with Gasteiger partial charge >= 0.3 is 0 Å². The largest absolute Gasteiger partial charge is 0.490 e. The third-order valence-corrected chi connectivity index (χ3v) is 5.46. The zero-order valence-corrected chi connectivity index (χ0v) is 17.8. The number of hydrogen-bond acceptors (Lipinski definition) is 7. The Labute approximate surface area is 181 Å². The van der Waals surface area contributed by atoms with Crippen LogP contribution in [-0.4, -0.2) is 65.0 Å². The first kappa shape index (κ1) is 22.8. The molecule has 1 unspecified atom stereocenters. The molecule has 0 aliphatic carbocycles. The summed E-state index contributed by atoms with van der Waals surface area (Å²) in [6, 6.07) is 13.6. The van der Waals surface area contributed by atoms with Gasteiger partial charge in [-0.25, -0.2) is 0 Å². The number of aliphatic hydroxyl groups excluding tert-OH is 1. The predicted molar refractivity (Wildman–Crippen MR) is 115 cm³/mol. The summed E-state index contributed by atoms with van der Waals surface area (Å²) >= 11 is 0. The third-order valence-electron chi connectivity index (χ3n) is 5.46. The van der Waals surface area contributed by atoms with Gasteiger partial charge in [-0.2, -0.15) is 0 Å². The Balaban J connectivity index is 1.47. The van der Waals surface area contributed by atoms with Crippen molar-refractivity contribution in [2.75, 3.05) is 26.2 Å². The van der Waals surface area contributed by atoms with E-state index in [9.17, 15) is 20.0 Å². The Morgan fingerprint density at radius 2 is 1.94 bits per heavy atom. The van der Waals surface area contributed by atoms with E-state index < -0.39 is 22.8 Å². The van der Waals surface area contributed by atoms with E-state index in [0.717, 1.165) is 10.8 Å². The topological polar surface area (TPSA) is 114 Å². The van der Waals surface area contributed by atoms with Crippen LogP contribution in [0.5, 0.6) is 5.75 Å². The van der Waals surface area contributed by atoms with Crippen molar-refractivity contribution >= 4 is 16.7 Å². The van der Waals surface area contributed by atoms with Crippen molar-refractivity contribution in [2.24, 2.45) is 0 Å². The summed E-state index contributed by atoms with van der Waals surface area (Å²) in [5, 5.41) is 25.2. The molecule has 0 radical (unpaired) electrons. The third kappa shape index (κ3) is 6.05. The van der Waals surface area contributed by atoms with Gasteiger partial charge in [0.25, 0.3) is 5.09 Å². The van der Waals surface area contributed by atoms with Gasteiger partial charge in [-0.15, -0.1) is 10.1 Å². The Morgan fingerprint density at radius 1 is 1.26 bits per heavy atom. The Hall–Kier alpha value is -2.91. The highest BCUT2D eigenvalue weighted by Gasteiger charge is 2.34. The fourth-order valence-electron chi connectivity index (χ4n) is 3.70. The normalized spacial score (nSPS) is 16.2. The lowest BCUT2D eigenvalue weighted by Gasteiger charge is -2.37. The number of nitrogens with one attached hydrogen (secondary N) is 1. The van der Waals surface area contributed by atoms with Crippen molar-refractivity contribution in [3.8, 4) is 5.75 Å². The summed E-state index contributed by atoms with van der Waals surface area (Å²) in [7, 11) is 0. The van der Waals surface area contributed by atoms with Crippen LogP contribution in [0.25, 0.3) is 10.8 Å². The quantitative estimate of drug-likeness (QED) is 0.462. The van der Waals surface area contributed by atoms with Crippen molar-refractivity contribution in [2.45, 2.75) is 44.4 Å². The van der Waals surface area contributed by atoms with E-state index in [1.807, 2.05) is 42.5 Å². The highest BCUT2D eigenvalue weighted by molar-refractivity contribution is 5.88. The maximum absolute atomic E-state index is 12.9. The highest BCUT2D eigenvalue weighted by atomic mass is 17.0. The second-order valence-electron chi connectivity index (χ2n) is 8.27. The monoisotopic (exact) mass is 431 g/mol. The number of carbonyl (C=O) groups is 1. The minimum atomic E-state index is -0.892. The van der Waals surface area contributed by atoms with Gasteiger partial charge in [0, 0.05) is 25.0 Å². The summed E-state index contributed by atoms with van der Waals surface area (Å²) in [6.45, 7) is 4.59. The number of rotatable bonds is 9. The molecule has 9 nitrogen and oxygen atoms in total. The maximum Gasteiger partial charge on any atom is 0.294 e. The zero-order chi connectivity index (χ0) is 22.4. The van der Waals surface area contributed by atoms with Crippen LogP contribution in [0.2, 0.25) is 0 Å². The molecule has 2 aromatic carbocycles. The molecular formula is C22H29N3O6. The molecule has 2 aromatic rings. The van der Waals surface area contributed by atoms with Crippen molar-refractivity contribution in [3.05, 3.63) is 52.6 Å². The number of β-amino-alcohol motifs (C(OH)–C–C–N with tert-alkyl or cyclic N) is 1. The van der Waals surface area contributed by atoms with Crippen LogP contribution in [0.15, 0.2) is 42.5 Å². The van der Waals surface area contributed by atoms with E-state index in [0.29, 0.717) is 31.7 Å². The molecule has 0 bridgehead atoms. The molecule has 0 spiro atoms. The number of likely N-dealkylation sites (tertiary alicyclic amines) is 1. The fraction of sp³-hybridized carbons (Fsp3) is 0.500.